The summed E-state index contributed by atoms with van der Waals surface area (Å²) in [5.41, 5.74) is 14.3. The highest BCUT2D eigenvalue weighted by Crippen LogP contribution is 2.27. The molecule has 4 N–H and O–H groups in total. The number of anilines is 1. The Morgan fingerprint density at radius 1 is 1.03 bits per heavy atom. The third kappa shape index (κ3) is 4.93. The van der Waals surface area contributed by atoms with Crippen molar-refractivity contribution in [3.63, 3.8) is 0 Å². The van der Waals surface area contributed by atoms with Gasteiger partial charge in [0.15, 0.2) is 0 Å². The maximum Gasteiger partial charge on any atom is 0.222 e. The van der Waals surface area contributed by atoms with E-state index in [1.807, 2.05) is 80.4 Å². The van der Waals surface area contributed by atoms with Crippen molar-refractivity contribution in [2.75, 3.05) is 11.9 Å². The average molecular weight is 393 g/mol. The van der Waals surface area contributed by atoms with Gasteiger partial charge in [-0.1, -0.05) is 42.5 Å². The lowest BCUT2D eigenvalue weighted by molar-refractivity contribution is -0.130. The summed E-state index contributed by atoms with van der Waals surface area (Å²) < 4.78 is 0. The summed E-state index contributed by atoms with van der Waals surface area (Å²) in [7, 11) is 1.84. The molecular formula is C22H28N6O. The van der Waals surface area contributed by atoms with E-state index in [0.29, 0.717) is 25.3 Å². The summed E-state index contributed by atoms with van der Waals surface area (Å²) in [6.07, 6.45) is 1.14. The van der Waals surface area contributed by atoms with Gasteiger partial charge in [0.1, 0.15) is 5.66 Å². The van der Waals surface area contributed by atoms with Gasteiger partial charge in [0.05, 0.1) is 0 Å². The molecule has 0 radical (unpaired) electrons. The minimum Gasteiger partial charge on any atom is -0.369 e. The van der Waals surface area contributed by atoms with Gasteiger partial charge in [0.2, 0.25) is 17.8 Å². The number of carbonyl (C=O) groups is 1. The molecule has 0 saturated heterocycles. The third-order valence-corrected chi connectivity index (χ3v) is 4.90. The molecule has 1 aliphatic rings. The zero-order valence-electron chi connectivity index (χ0n) is 17.2. The molecule has 0 aromatic heterocycles. The van der Waals surface area contributed by atoms with E-state index in [2.05, 4.69) is 9.98 Å². The van der Waals surface area contributed by atoms with Crippen LogP contribution >= 0.6 is 0 Å². The zero-order valence-corrected chi connectivity index (χ0v) is 17.2. The summed E-state index contributed by atoms with van der Waals surface area (Å²) in [5.74, 6) is 0.614. The van der Waals surface area contributed by atoms with E-state index in [9.17, 15) is 4.79 Å². The van der Waals surface area contributed by atoms with Gasteiger partial charge in [-0.25, -0.2) is 4.99 Å². The van der Waals surface area contributed by atoms with E-state index in [1.54, 1.807) is 4.90 Å². The number of benzene rings is 2. The summed E-state index contributed by atoms with van der Waals surface area (Å²) in [6, 6.07) is 17.9. The SMILES string of the molecule is CN(Cc1ccccc1)C(=O)CCc1ccc(N2C(N)=NC(N)=NC2(C)C)cc1. The highest BCUT2D eigenvalue weighted by molar-refractivity contribution is 6.05. The van der Waals surface area contributed by atoms with Gasteiger partial charge in [-0.05, 0) is 43.5 Å². The fraction of sp³-hybridized carbons (Fsp3) is 0.318. The number of hydrogen-bond acceptors (Lipinski definition) is 6. The highest BCUT2D eigenvalue weighted by Gasteiger charge is 2.32. The lowest BCUT2D eigenvalue weighted by Gasteiger charge is -2.38. The van der Waals surface area contributed by atoms with Crippen molar-refractivity contribution >= 4 is 23.5 Å². The first-order chi connectivity index (χ1) is 13.8. The number of carbonyl (C=O) groups excluding carboxylic acids is 1. The Morgan fingerprint density at radius 3 is 2.31 bits per heavy atom. The molecule has 0 saturated carbocycles. The number of aryl methyl sites for hydroxylation is 1. The van der Waals surface area contributed by atoms with Crippen LogP contribution in [0.25, 0.3) is 0 Å². The molecule has 2 aromatic rings. The summed E-state index contributed by atoms with van der Waals surface area (Å²) >= 11 is 0. The molecule has 0 bridgehead atoms. The predicted octanol–water partition coefficient (Wildman–Crippen LogP) is 2.46. The Kier molecular flexibility index (Phi) is 5.87. The van der Waals surface area contributed by atoms with E-state index in [0.717, 1.165) is 16.8 Å². The van der Waals surface area contributed by atoms with Crippen LogP contribution in [0.1, 0.15) is 31.4 Å². The van der Waals surface area contributed by atoms with E-state index >= 15 is 0 Å². The Bertz CT molecular complexity index is 918. The zero-order chi connectivity index (χ0) is 21.0. The van der Waals surface area contributed by atoms with Crippen LogP contribution in [0.3, 0.4) is 0 Å². The highest BCUT2D eigenvalue weighted by atomic mass is 16.2. The third-order valence-electron chi connectivity index (χ3n) is 4.90. The molecule has 3 rings (SSSR count). The minimum absolute atomic E-state index is 0.122. The van der Waals surface area contributed by atoms with Crippen LogP contribution in [0.2, 0.25) is 0 Å². The molecule has 152 valence electrons. The lowest BCUT2D eigenvalue weighted by Crippen LogP contribution is -2.54. The number of amides is 1. The van der Waals surface area contributed by atoms with Crippen LogP contribution in [-0.4, -0.2) is 35.4 Å². The Labute approximate surface area is 171 Å². The number of nitrogens with zero attached hydrogens (tertiary/aromatic N) is 4. The Morgan fingerprint density at radius 2 is 1.69 bits per heavy atom. The number of guanidine groups is 2. The quantitative estimate of drug-likeness (QED) is 0.788. The molecule has 7 nitrogen and oxygen atoms in total. The molecule has 0 unspecified atom stereocenters. The second-order valence-electron chi connectivity index (χ2n) is 7.67. The molecule has 0 aliphatic carbocycles. The van der Waals surface area contributed by atoms with Gasteiger partial charge in [-0.15, -0.1) is 0 Å². The van der Waals surface area contributed by atoms with Crippen molar-refractivity contribution in [1.29, 1.82) is 0 Å². The van der Waals surface area contributed by atoms with Crippen molar-refractivity contribution in [3.05, 3.63) is 65.7 Å². The van der Waals surface area contributed by atoms with Crippen LogP contribution in [0.4, 0.5) is 5.69 Å². The van der Waals surface area contributed by atoms with Crippen molar-refractivity contribution in [2.24, 2.45) is 21.5 Å². The number of rotatable bonds is 6. The lowest BCUT2D eigenvalue weighted by atomic mass is 10.1. The summed E-state index contributed by atoms with van der Waals surface area (Å²) in [4.78, 5) is 24.5. The van der Waals surface area contributed by atoms with Crippen molar-refractivity contribution in [3.8, 4) is 0 Å². The van der Waals surface area contributed by atoms with E-state index in [1.165, 1.54) is 0 Å². The largest absolute Gasteiger partial charge is 0.369 e. The standard InChI is InChI=1S/C22H28N6O/c1-22(2)26-20(23)25-21(24)28(22)18-12-9-16(10-13-18)11-14-19(29)27(3)15-17-7-5-4-6-8-17/h4-10,12-13H,11,14-15H2,1-3H3,(H4,23,24,25,26). The maximum atomic E-state index is 12.5. The van der Waals surface area contributed by atoms with Crippen LogP contribution in [0, 0.1) is 0 Å². The van der Waals surface area contributed by atoms with E-state index in [-0.39, 0.29) is 11.9 Å². The molecule has 2 aromatic carbocycles. The molecule has 1 aliphatic heterocycles. The van der Waals surface area contributed by atoms with Crippen LogP contribution in [0.5, 0.6) is 0 Å². The summed E-state index contributed by atoms with van der Waals surface area (Å²) in [6.45, 7) is 4.47. The molecule has 29 heavy (non-hydrogen) atoms. The van der Waals surface area contributed by atoms with Gasteiger partial charge >= 0.3 is 0 Å². The number of nitrogens with two attached hydrogens (primary N) is 2. The van der Waals surface area contributed by atoms with E-state index < -0.39 is 5.66 Å². The van der Waals surface area contributed by atoms with Gasteiger partial charge in [-0.3, -0.25) is 9.69 Å². The van der Waals surface area contributed by atoms with Gasteiger partial charge in [-0.2, -0.15) is 4.99 Å². The molecule has 1 heterocycles. The van der Waals surface area contributed by atoms with Crippen molar-refractivity contribution in [2.45, 2.75) is 38.9 Å². The fourth-order valence-electron chi connectivity index (χ4n) is 3.45. The topological polar surface area (TPSA) is 100 Å². The van der Waals surface area contributed by atoms with Gasteiger partial charge in [0.25, 0.3) is 0 Å². The molecule has 0 spiro atoms. The first kappa shape index (κ1) is 20.4. The van der Waals surface area contributed by atoms with Gasteiger partial charge < -0.3 is 16.4 Å². The van der Waals surface area contributed by atoms with Gasteiger partial charge in [0, 0.05) is 25.7 Å². The molecule has 0 atom stereocenters. The summed E-state index contributed by atoms with van der Waals surface area (Å²) in [5, 5.41) is 0. The predicted molar refractivity (Wildman–Crippen MR) is 117 cm³/mol. The monoisotopic (exact) mass is 392 g/mol. The molecular weight excluding hydrogens is 364 g/mol. The van der Waals surface area contributed by atoms with Crippen LogP contribution in [-0.2, 0) is 17.8 Å². The second kappa shape index (κ2) is 8.34. The first-order valence-corrected chi connectivity index (χ1v) is 9.63. The second-order valence-corrected chi connectivity index (χ2v) is 7.67. The molecule has 1 amide bonds. The molecule has 7 heteroatoms. The first-order valence-electron chi connectivity index (χ1n) is 9.63. The minimum atomic E-state index is -0.618. The number of aliphatic imine (C=N–C) groups is 2. The van der Waals surface area contributed by atoms with Crippen molar-refractivity contribution in [1.82, 2.24) is 4.90 Å². The Balaban J connectivity index is 1.60. The fourth-order valence-corrected chi connectivity index (χ4v) is 3.45. The maximum absolute atomic E-state index is 12.5. The normalized spacial score (nSPS) is 15.5. The van der Waals surface area contributed by atoms with E-state index in [4.69, 9.17) is 11.5 Å². The number of hydrogen-bond donors (Lipinski definition) is 2. The average Bonchev–Trinajstić information content (AvgIpc) is 2.66. The smallest absolute Gasteiger partial charge is 0.222 e. The van der Waals surface area contributed by atoms with Crippen LogP contribution in [0.15, 0.2) is 64.6 Å². The van der Waals surface area contributed by atoms with Crippen LogP contribution < -0.4 is 16.4 Å². The van der Waals surface area contributed by atoms with Crippen molar-refractivity contribution < 1.29 is 4.79 Å². The Hall–Kier alpha value is -3.35. The molecule has 0 fully saturated rings.